The van der Waals surface area contributed by atoms with Crippen LogP contribution in [0.5, 0.6) is 0 Å². The van der Waals surface area contributed by atoms with E-state index in [1.165, 1.54) is 19.2 Å². The van der Waals surface area contributed by atoms with Crippen LogP contribution in [0.3, 0.4) is 0 Å². The molecule has 0 bridgehead atoms. The van der Waals surface area contributed by atoms with E-state index in [1.54, 1.807) is 0 Å². The average Bonchev–Trinajstić information content (AvgIpc) is 1.93. The molecular formula is C6H7N3O2. The summed E-state index contributed by atoms with van der Waals surface area (Å²) in [5, 5.41) is 8.00. The van der Waals surface area contributed by atoms with Crippen molar-refractivity contribution in [3.8, 4) is 0 Å². The van der Waals surface area contributed by atoms with E-state index in [0.29, 0.717) is 0 Å². The van der Waals surface area contributed by atoms with Gasteiger partial charge in [-0.3, -0.25) is 9.59 Å². The summed E-state index contributed by atoms with van der Waals surface area (Å²) < 4.78 is 0. The van der Waals surface area contributed by atoms with Crippen LogP contribution >= 0.6 is 0 Å². The van der Waals surface area contributed by atoms with Gasteiger partial charge in [-0.05, 0) is 6.07 Å². The molecule has 0 atom stereocenters. The topological polar surface area (TPSA) is 74.8 Å². The summed E-state index contributed by atoms with van der Waals surface area (Å²) in [6.07, 6.45) is 1.40. The highest BCUT2D eigenvalue weighted by molar-refractivity contribution is 5.88. The molecule has 1 rings (SSSR count). The van der Waals surface area contributed by atoms with E-state index in [1.807, 2.05) is 0 Å². The smallest absolute Gasteiger partial charge is 0.287 e. The molecule has 58 valence electrons. The highest BCUT2D eigenvalue weighted by atomic mass is 16.2. The number of H-pyrrole nitrogens is 1. The lowest BCUT2D eigenvalue weighted by Gasteiger charge is -1.96. The Morgan fingerprint density at radius 2 is 2.45 bits per heavy atom. The fourth-order valence-electron chi connectivity index (χ4n) is 0.632. The van der Waals surface area contributed by atoms with E-state index in [-0.39, 0.29) is 11.6 Å². The van der Waals surface area contributed by atoms with Crippen molar-refractivity contribution in [2.75, 3.05) is 5.32 Å². The zero-order valence-electron chi connectivity index (χ0n) is 5.92. The van der Waals surface area contributed by atoms with Gasteiger partial charge in [0.05, 0.1) is 0 Å². The molecule has 5 heteroatoms. The van der Waals surface area contributed by atoms with Gasteiger partial charge in [0.1, 0.15) is 5.69 Å². The number of aromatic amines is 1. The number of nitrogens with one attached hydrogen (secondary N) is 2. The third-order valence-electron chi connectivity index (χ3n) is 1.04. The second kappa shape index (κ2) is 2.96. The average molecular weight is 153 g/mol. The quantitative estimate of drug-likeness (QED) is 0.583. The zero-order chi connectivity index (χ0) is 8.27. The molecule has 0 spiro atoms. The molecule has 5 nitrogen and oxygen atoms in total. The summed E-state index contributed by atoms with van der Waals surface area (Å²) in [6, 6.07) is 1.43. The minimum absolute atomic E-state index is 0.215. The molecule has 2 N–H and O–H groups in total. The van der Waals surface area contributed by atoms with E-state index < -0.39 is 5.56 Å². The molecule has 0 aliphatic heterocycles. The number of carbonyl (C=O) groups is 1. The standard InChI is InChI=1S/C6H7N3O2/c1-4(10)8-5-2-3-7-9-6(5)11/h2-3H,1H3,(H,9,11)(H,7,8,10). The number of hydrogen-bond donors (Lipinski definition) is 2. The maximum absolute atomic E-state index is 10.8. The Morgan fingerprint density at radius 1 is 1.73 bits per heavy atom. The van der Waals surface area contributed by atoms with Gasteiger partial charge in [0.15, 0.2) is 0 Å². The molecule has 1 aromatic rings. The predicted octanol–water partition coefficient (Wildman–Crippen LogP) is -0.272. The van der Waals surface area contributed by atoms with Crippen molar-refractivity contribution >= 4 is 11.6 Å². The lowest BCUT2D eigenvalue weighted by molar-refractivity contribution is -0.114. The molecule has 0 aliphatic rings. The van der Waals surface area contributed by atoms with Gasteiger partial charge in [-0.25, -0.2) is 5.10 Å². The number of amides is 1. The fourth-order valence-corrected chi connectivity index (χ4v) is 0.632. The van der Waals surface area contributed by atoms with Gasteiger partial charge in [-0.1, -0.05) is 0 Å². The first-order chi connectivity index (χ1) is 5.20. The van der Waals surface area contributed by atoms with Crippen LogP contribution in [0.1, 0.15) is 6.92 Å². The summed E-state index contributed by atoms with van der Waals surface area (Å²) in [5.74, 6) is -0.276. The summed E-state index contributed by atoms with van der Waals surface area (Å²) in [7, 11) is 0. The van der Waals surface area contributed by atoms with E-state index in [4.69, 9.17) is 0 Å². The molecule has 0 aliphatic carbocycles. The summed E-state index contributed by atoms with van der Waals surface area (Å²) >= 11 is 0. The first kappa shape index (κ1) is 7.46. The first-order valence-corrected chi connectivity index (χ1v) is 3.01. The molecule has 1 amide bonds. The molecule has 0 aromatic carbocycles. The van der Waals surface area contributed by atoms with Crippen molar-refractivity contribution in [1.29, 1.82) is 0 Å². The summed E-state index contributed by atoms with van der Waals surface area (Å²) in [4.78, 5) is 21.3. The van der Waals surface area contributed by atoms with Crippen LogP contribution in [-0.2, 0) is 4.79 Å². The molecule has 0 radical (unpaired) electrons. The Bertz CT molecular complexity index is 318. The van der Waals surface area contributed by atoms with Crippen LogP contribution in [0.25, 0.3) is 0 Å². The van der Waals surface area contributed by atoms with Crippen molar-refractivity contribution < 1.29 is 4.79 Å². The number of aromatic nitrogens is 2. The second-order valence-electron chi connectivity index (χ2n) is 1.98. The van der Waals surface area contributed by atoms with E-state index in [0.717, 1.165) is 0 Å². The van der Waals surface area contributed by atoms with E-state index in [9.17, 15) is 9.59 Å². The Morgan fingerprint density at radius 3 is 3.00 bits per heavy atom. The van der Waals surface area contributed by atoms with Crippen molar-refractivity contribution in [3.05, 3.63) is 22.6 Å². The van der Waals surface area contributed by atoms with Gasteiger partial charge >= 0.3 is 0 Å². The molecule has 0 saturated carbocycles. The molecule has 0 unspecified atom stereocenters. The third-order valence-corrected chi connectivity index (χ3v) is 1.04. The lowest BCUT2D eigenvalue weighted by Crippen LogP contribution is -2.17. The van der Waals surface area contributed by atoms with Crippen LogP contribution < -0.4 is 10.9 Å². The molecular weight excluding hydrogens is 146 g/mol. The Kier molecular flexibility index (Phi) is 2.00. The zero-order valence-corrected chi connectivity index (χ0v) is 5.92. The van der Waals surface area contributed by atoms with Gasteiger partial charge < -0.3 is 5.32 Å². The third kappa shape index (κ3) is 1.89. The normalized spacial score (nSPS) is 9.18. The Hall–Kier alpha value is -1.65. The van der Waals surface area contributed by atoms with Crippen molar-refractivity contribution in [2.45, 2.75) is 6.92 Å². The number of carbonyl (C=O) groups excluding carboxylic acids is 1. The predicted molar refractivity (Wildman–Crippen MR) is 39.2 cm³/mol. The second-order valence-corrected chi connectivity index (χ2v) is 1.98. The monoisotopic (exact) mass is 153 g/mol. The summed E-state index contributed by atoms with van der Waals surface area (Å²) in [6.45, 7) is 1.33. The SMILES string of the molecule is CC(=O)Nc1ccn[nH]c1=O. The number of nitrogens with zero attached hydrogens (tertiary/aromatic N) is 1. The molecule has 0 fully saturated rings. The molecule has 1 heterocycles. The van der Waals surface area contributed by atoms with Crippen molar-refractivity contribution in [2.24, 2.45) is 0 Å². The number of anilines is 1. The fraction of sp³-hybridized carbons (Fsp3) is 0.167. The Balaban J connectivity index is 2.95. The van der Waals surface area contributed by atoms with Gasteiger partial charge in [-0.2, -0.15) is 5.10 Å². The highest BCUT2D eigenvalue weighted by Gasteiger charge is 1.98. The Labute approximate surface area is 62.4 Å². The van der Waals surface area contributed by atoms with E-state index in [2.05, 4.69) is 15.5 Å². The van der Waals surface area contributed by atoms with Crippen LogP contribution in [0.2, 0.25) is 0 Å². The van der Waals surface area contributed by atoms with Gasteiger partial charge in [0, 0.05) is 13.1 Å². The first-order valence-electron chi connectivity index (χ1n) is 3.01. The van der Waals surface area contributed by atoms with E-state index >= 15 is 0 Å². The van der Waals surface area contributed by atoms with Gasteiger partial charge in [0.2, 0.25) is 5.91 Å². The minimum atomic E-state index is -0.400. The van der Waals surface area contributed by atoms with Crippen LogP contribution in [0, 0.1) is 0 Å². The largest absolute Gasteiger partial charge is 0.322 e. The molecule has 1 aromatic heterocycles. The van der Waals surface area contributed by atoms with Crippen LogP contribution in [-0.4, -0.2) is 16.1 Å². The van der Waals surface area contributed by atoms with Crippen LogP contribution in [0.15, 0.2) is 17.1 Å². The van der Waals surface area contributed by atoms with Crippen molar-refractivity contribution in [3.63, 3.8) is 0 Å². The molecule has 11 heavy (non-hydrogen) atoms. The van der Waals surface area contributed by atoms with Crippen LogP contribution in [0.4, 0.5) is 5.69 Å². The van der Waals surface area contributed by atoms with Gasteiger partial charge in [0.25, 0.3) is 5.56 Å². The molecule has 0 saturated heterocycles. The number of rotatable bonds is 1. The van der Waals surface area contributed by atoms with Crippen molar-refractivity contribution in [1.82, 2.24) is 10.2 Å². The summed E-state index contributed by atoms with van der Waals surface area (Å²) in [5.41, 5.74) is -0.185. The highest BCUT2D eigenvalue weighted by Crippen LogP contribution is 1.92. The maximum Gasteiger partial charge on any atom is 0.287 e. The maximum atomic E-state index is 10.8. The minimum Gasteiger partial charge on any atom is -0.322 e. The van der Waals surface area contributed by atoms with Gasteiger partial charge in [-0.15, -0.1) is 0 Å². The lowest BCUT2D eigenvalue weighted by atomic mass is 10.4. The number of hydrogen-bond acceptors (Lipinski definition) is 3.